The summed E-state index contributed by atoms with van der Waals surface area (Å²) in [6.45, 7) is 6.31. The molecule has 0 unspecified atom stereocenters. The Hall–Kier alpha value is -2.95. The van der Waals surface area contributed by atoms with Crippen LogP contribution in [-0.2, 0) is 5.41 Å². The fraction of sp³-hybridized carbons (Fsp3) is 0.211. The molecular formula is C19H20N2O3. The van der Waals surface area contributed by atoms with Crippen molar-refractivity contribution in [1.82, 2.24) is 5.43 Å². The zero-order chi connectivity index (χ0) is 17.7. The molecule has 0 saturated heterocycles. The predicted molar refractivity (Wildman–Crippen MR) is 93.6 cm³/mol. The lowest BCUT2D eigenvalue weighted by molar-refractivity contribution is 0.0696. The van der Waals surface area contributed by atoms with E-state index in [4.69, 9.17) is 5.11 Å². The molecule has 2 rings (SSSR count). The number of hydrogen-bond donors (Lipinski definition) is 2. The lowest BCUT2D eigenvalue weighted by Crippen LogP contribution is -2.18. The summed E-state index contributed by atoms with van der Waals surface area (Å²) in [5.41, 5.74) is 4.61. The molecular weight excluding hydrogens is 304 g/mol. The zero-order valence-electron chi connectivity index (χ0n) is 13.9. The second kappa shape index (κ2) is 7.08. The van der Waals surface area contributed by atoms with Gasteiger partial charge in [-0.3, -0.25) is 4.79 Å². The maximum atomic E-state index is 12.1. The average Bonchev–Trinajstić information content (AvgIpc) is 2.54. The summed E-state index contributed by atoms with van der Waals surface area (Å²) in [6.07, 6.45) is 1.32. The molecule has 0 bridgehead atoms. The smallest absolute Gasteiger partial charge is 0.336 e. The highest BCUT2D eigenvalue weighted by atomic mass is 16.4. The Balaban J connectivity index is 2.07. The Morgan fingerprint density at radius 3 is 2.25 bits per heavy atom. The summed E-state index contributed by atoms with van der Waals surface area (Å²) in [4.78, 5) is 23.2. The normalized spacial score (nSPS) is 11.5. The van der Waals surface area contributed by atoms with E-state index in [1.54, 1.807) is 30.3 Å². The SMILES string of the molecule is CC(C)(C)c1ccc(C(=O)N/N=C/c2ccccc2C(=O)O)cc1. The van der Waals surface area contributed by atoms with Crippen molar-refractivity contribution < 1.29 is 14.7 Å². The van der Waals surface area contributed by atoms with Gasteiger partial charge in [0.25, 0.3) is 5.91 Å². The Kier molecular flexibility index (Phi) is 5.14. The molecule has 0 fully saturated rings. The molecule has 0 atom stereocenters. The van der Waals surface area contributed by atoms with Gasteiger partial charge in [-0.05, 0) is 29.2 Å². The number of carboxylic acids is 1. The van der Waals surface area contributed by atoms with Crippen molar-refractivity contribution in [2.45, 2.75) is 26.2 Å². The van der Waals surface area contributed by atoms with Gasteiger partial charge in [0.1, 0.15) is 0 Å². The van der Waals surface area contributed by atoms with Gasteiger partial charge >= 0.3 is 5.97 Å². The first-order valence-corrected chi connectivity index (χ1v) is 7.55. The summed E-state index contributed by atoms with van der Waals surface area (Å²) >= 11 is 0. The first kappa shape index (κ1) is 17.4. The second-order valence-electron chi connectivity index (χ2n) is 6.42. The fourth-order valence-corrected chi connectivity index (χ4v) is 2.15. The standard InChI is InChI=1S/C19H20N2O3/c1-19(2,3)15-10-8-13(9-11-15)17(22)21-20-12-14-6-4-5-7-16(14)18(23)24/h4-12H,1-3H3,(H,21,22)(H,23,24)/b20-12+. The highest BCUT2D eigenvalue weighted by Crippen LogP contribution is 2.22. The first-order chi connectivity index (χ1) is 11.3. The van der Waals surface area contributed by atoms with Crippen LogP contribution in [0.3, 0.4) is 0 Å². The molecule has 0 aliphatic carbocycles. The summed E-state index contributed by atoms with van der Waals surface area (Å²) < 4.78 is 0. The number of aromatic carboxylic acids is 1. The van der Waals surface area contributed by atoms with Crippen LogP contribution in [0.4, 0.5) is 0 Å². The van der Waals surface area contributed by atoms with Gasteiger partial charge < -0.3 is 5.11 Å². The third kappa shape index (κ3) is 4.29. The summed E-state index contributed by atoms with van der Waals surface area (Å²) in [7, 11) is 0. The van der Waals surface area contributed by atoms with Crippen LogP contribution in [0, 0.1) is 0 Å². The largest absolute Gasteiger partial charge is 0.478 e. The monoisotopic (exact) mass is 324 g/mol. The number of nitrogens with one attached hydrogen (secondary N) is 1. The van der Waals surface area contributed by atoms with Gasteiger partial charge in [-0.1, -0.05) is 51.1 Å². The number of carbonyl (C=O) groups is 2. The van der Waals surface area contributed by atoms with E-state index in [0.717, 1.165) is 5.56 Å². The zero-order valence-corrected chi connectivity index (χ0v) is 13.9. The highest BCUT2D eigenvalue weighted by molar-refractivity contribution is 5.99. The van der Waals surface area contributed by atoms with E-state index in [1.165, 1.54) is 12.3 Å². The minimum absolute atomic E-state index is 0.0215. The number of amides is 1. The van der Waals surface area contributed by atoms with Gasteiger partial charge in [0.2, 0.25) is 0 Å². The van der Waals surface area contributed by atoms with Gasteiger partial charge in [-0.25, -0.2) is 10.2 Å². The molecule has 0 aromatic heterocycles. The maximum absolute atomic E-state index is 12.1. The Bertz CT molecular complexity index is 772. The Labute approximate surface area is 141 Å². The molecule has 2 N–H and O–H groups in total. The fourth-order valence-electron chi connectivity index (χ4n) is 2.15. The van der Waals surface area contributed by atoms with Crippen molar-refractivity contribution in [3.63, 3.8) is 0 Å². The molecule has 0 heterocycles. The van der Waals surface area contributed by atoms with E-state index in [0.29, 0.717) is 11.1 Å². The third-order valence-corrected chi connectivity index (χ3v) is 3.57. The molecule has 5 nitrogen and oxygen atoms in total. The Morgan fingerprint density at radius 1 is 1.04 bits per heavy atom. The maximum Gasteiger partial charge on any atom is 0.336 e. The predicted octanol–water partition coefficient (Wildman–Crippen LogP) is 3.45. The van der Waals surface area contributed by atoms with Crippen LogP contribution in [0.5, 0.6) is 0 Å². The molecule has 0 spiro atoms. The van der Waals surface area contributed by atoms with Crippen LogP contribution in [0.15, 0.2) is 53.6 Å². The van der Waals surface area contributed by atoms with E-state index in [9.17, 15) is 9.59 Å². The average molecular weight is 324 g/mol. The number of carboxylic acid groups (broad SMARTS) is 1. The van der Waals surface area contributed by atoms with Crippen molar-refractivity contribution in [2.24, 2.45) is 5.10 Å². The molecule has 24 heavy (non-hydrogen) atoms. The van der Waals surface area contributed by atoms with Crippen LogP contribution in [-0.4, -0.2) is 23.2 Å². The van der Waals surface area contributed by atoms with Crippen molar-refractivity contribution in [2.75, 3.05) is 0 Å². The van der Waals surface area contributed by atoms with Crippen molar-refractivity contribution in [3.05, 3.63) is 70.8 Å². The van der Waals surface area contributed by atoms with E-state index in [1.807, 2.05) is 12.1 Å². The third-order valence-electron chi connectivity index (χ3n) is 3.57. The number of carbonyl (C=O) groups excluding carboxylic acids is 1. The molecule has 124 valence electrons. The molecule has 2 aromatic rings. The lowest BCUT2D eigenvalue weighted by Gasteiger charge is -2.18. The highest BCUT2D eigenvalue weighted by Gasteiger charge is 2.14. The van der Waals surface area contributed by atoms with Crippen LogP contribution in [0.2, 0.25) is 0 Å². The molecule has 0 radical (unpaired) electrons. The van der Waals surface area contributed by atoms with E-state index in [2.05, 4.69) is 31.3 Å². The van der Waals surface area contributed by atoms with Crippen LogP contribution >= 0.6 is 0 Å². The lowest BCUT2D eigenvalue weighted by atomic mass is 9.87. The number of benzene rings is 2. The van der Waals surface area contributed by atoms with E-state index in [-0.39, 0.29) is 16.9 Å². The van der Waals surface area contributed by atoms with Crippen LogP contribution in [0.25, 0.3) is 0 Å². The molecule has 0 aliphatic heterocycles. The topological polar surface area (TPSA) is 78.8 Å². The van der Waals surface area contributed by atoms with Crippen molar-refractivity contribution in [1.29, 1.82) is 0 Å². The summed E-state index contributed by atoms with van der Waals surface area (Å²) in [5.74, 6) is -1.39. The molecule has 2 aromatic carbocycles. The van der Waals surface area contributed by atoms with Crippen LogP contribution < -0.4 is 5.43 Å². The molecule has 0 saturated carbocycles. The number of hydrogen-bond acceptors (Lipinski definition) is 3. The first-order valence-electron chi connectivity index (χ1n) is 7.55. The number of nitrogens with zero attached hydrogens (tertiary/aromatic N) is 1. The minimum atomic E-state index is -1.04. The van der Waals surface area contributed by atoms with E-state index < -0.39 is 5.97 Å². The summed E-state index contributed by atoms with van der Waals surface area (Å²) in [6, 6.07) is 13.8. The molecule has 5 heteroatoms. The van der Waals surface area contributed by atoms with Gasteiger partial charge in [-0.15, -0.1) is 0 Å². The van der Waals surface area contributed by atoms with Crippen LogP contribution in [0.1, 0.15) is 52.6 Å². The van der Waals surface area contributed by atoms with E-state index >= 15 is 0 Å². The number of hydrazone groups is 1. The van der Waals surface area contributed by atoms with Crippen molar-refractivity contribution >= 4 is 18.1 Å². The second-order valence-corrected chi connectivity index (χ2v) is 6.42. The molecule has 1 amide bonds. The molecule has 0 aliphatic rings. The minimum Gasteiger partial charge on any atom is -0.478 e. The van der Waals surface area contributed by atoms with Crippen molar-refractivity contribution in [3.8, 4) is 0 Å². The van der Waals surface area contributed by atoms with Gasteiger partial charge in [0.05, 0.1) is 11.8 Å². The van der Waals surface area contributed by atoms with Gasteiger partial charge in [0.15, 0.2) is 0 Å². The number of rotatable bonds is 4. The quantitative estimate of drug-likeness (QED) is 0.668. The summed E-state index contributed by atoms with van der Waals surface area (Å²) in [5, 5.41) is 12.9. The van der Waals surface area contributed by atoms with Gasteiger partial charge in [-0.2, -0.15) is 5.10 Å². The Morgan fingerprint density at radius 2 is 1.67 bits per heavy atom. The van der Waals surface area contributed by atoms with Gasteiger partial charge in [0, 0.05) is 11.1 Å².